The van der Waals surface area contributed by atoms with Crippen molar-refractivity contribution in [2.45, 2.75) is 12.8 Å². The zero-order chi connectivity index (χ0) is 13.0. The molecule has 1 aromatic carbocycles. The third kappa shape index (κ3) is 2.82. The summed E-state index contributed by atoms with van der Waals surface area (Å²) in [6, 6.07) is 6.70. The summed E-state index contributed by atoms with van der Waals surface area (Å²) in [5, 5.41) is 9.68. The molecule has 18 heavy (non-hydrogen) atoms. The largest absolute Gasteiger partial charge is 0.507 e. The van der Waals surface area contributed by atoms with Crippen molar-refractivity contribution in [1.82, 2.24) is 4.90 Å². The van der Waals surface area contributed by atoms with E-state index in [9.17, 15) is 9.90 Å². The molecule has 1 saturated heterocycles. The van der Waals surface area contributed by atoms with Crippen LogP contribution in [0.5, 0.6) is 5.75 Å². The van der Waals surface area contributed by atoms with Crippen LogP contribution in [0.3, 0.4) is 0 Å². The standard InChI is InChI=1S/C14H19NO3/c1-18-10-11-6-8-15(9-7-11)14(17)12-4-2-3-5-13(12)16/h2-5,11,16H,6-10H2,1H3. The number of methoxy groups -OCH3 is 1. The molecule has 1 aromatic rings. The minimum atomic E-state index is -0.0797. The van der Waals surface area contributed by atoms with E-state index in [1.165, 1.54) is 0 Å². The number of hydrogen-bond donors (Lipinski definition) is 1. The Labute approximate surface area is 107 Å². The van der Waals surface area contributed by atoms with Gasteiger partial charge in [-0.2, -0.15) is 0 Å². The lowest BCUT2D eigenvalue weighted by molar-refractivity contribution is 0.0611. The van der Waals surface area contributed by atoms with E-state index in [1.807, 2.05) is 0 Å². The molecule has 0 atom stereocenters. The fourth-order valence-electron chi connectivity index (χ4n) is 2.36. The number of para-hydroxylation sites is 1. The molecule has 4 heteroatoms. The maximum atomic E-state index is 12.2. The molecular weight excluding hydrogens is 230 g/mol. The second-order valence-electron chi connectivity index (χ2n) is 4.71. The number of rotatable bonds is 3. The molecule has 0 spiro atoms. The molecule has 0 aromatic heterocycles. The molecule has 2 rings (SSSR count). The number of carbonyl (C=O) groups is 1. The van der Waals surface area contributed by atoms with Gasteiger partial charge in [-0.1, -0.05) is 12.1 Å². The van der Waals surface area contributed by atoms with Gasteiger partial charge in [0.1, 0.15) is 5.75 Å². The minimum absolute atomic E-state index is 0.0570. The van der Waals surface area contributed by atoms with Crippen LogP contribution >= 0.6 is 0 Å². The van der Waals surface area contributed by atoms with Crippen LogP contribution in [-0.2, 0) is 4.74 Å². The van der Waals surface area contributed by atoms with Crippen LogP contribution in [0.25, 0.3) is 0 Å². The maximum absolute atomic E-state index is 12.2. The lowest BCUT2D eigenvalue weighted by Gasteiger charge is -2.31. The number of aromatic hydroxyl groups is 1. The molecule has 4 nitrogen and oxygen atoms in total. The Morgan fingerprint density at radius 3 is 2.67 bits per heavy atom. The summed E-state index contributed by atoms with van der Waals surface area (Å²) in [5.74, 6) is 0.522. The fourth-order valence-corrected chi connectivity index (χ4v) is 2.36. The average Bonchev–Trinajstić information content (AvgIpc) is 2.40. The van der Waals surface area contributed by atoms with Gasteiger partial charge in [0.25, 0.3) is 5.91 Å². The number of phenolic OH excluding ortho intramolecular Hbond substituents is 1. The first kappa shape index (κ1) is 12.9. The molecule has 1 amide bonds. The monoisotopic (exact) mass is 249 g/mol. The van der Waals surface area contributed by atoms with Crippen molar-refractivity contribution < 1.29 is 14.6 Å². The van der Waals surface area contributed by atoms with Gasteiger partial charge in [-0.05, 0) is 30.9 Å². The number of piperidine rings is 1. The summed E-state index contributed by atoms with van der Waals surface area (Å²) in [4.78, 5) is 14.0. The second-order valence-corrected chi connectivity index (χ2v) is 4.71. The molecule has 1 fully saturated rings. The van der Waals surface area contributed by atoms with Crippen LogP contribution in [0.4, 0.5) is 0 Å². The molecule has 0 bridgehead atoms. The van der Waals surface area contributed by atoms with E-state index in [0.29, 0.717) is 11.5 Å². The molecular formula is C14H19NO3. The van der Waals surface area contributed by atoms with E-state index >= 15 is 0 Å². The van der Waals surface area contributed by atoms with Crippen molar-refractivity contribution in [3.05, 3.63) is 29.8 Å². The molecule has 1 N–H and O–H groups in total. The SMILES string of the molecule is COCC1CCN(C(=O)c2ccccc2O)CC1. The summed E-state index contributed by atoms with van der Waals surface area (Å²) in [7, 11) is 1.71. The first-order chi connectivity index (χ1) is 8.72. The van der Waals surface area contributed by atoms with Gasteiger partial charge < -0.3 is 14.7 Å². The maximum Gasteiger partial charge on any atom is 0.257 e. The summed E-state index contributed by atoms with van der Waals surface area (Å²) in [6.45, 7) is 2.24. The number of likely N-dealkylation sites (tertiary alicyclic amines) is 1. The van der Waals surface area contributed by atoms with E-state index in [4.69, 9.17) is 4.74 Å². The van der Waals surface area contributed by atoms with E-state index in [-0.39, 0.29) is 11.7 Å². The van der Waals surface area contributed by atoms with E-state index < -0.39 is 0 Å². The van der Waals surface area contributed by atoms with Crippen molar-refractivity contribution >= 4 is 5.91 Å². The normalized spacial score (nSPS) is 16.8. The van der Waals surface area contributed by atoms with Gasteiger partial charge >= 0.3 is 0 Å². The molecule has 98 valence electrons. The van der Waals surface area contributed by atoms with Crippen LogP contribution < -0.4 is 0 Å². The van der Waals surface area contributed by atoms with Gasteiger partial charge in [0.05, 0.1) is 5.56 Å². The van der Waals surface area contributed by atoms with Crippen LogP contribution in [0.15, 0.2) is 24.3 Å². The summed E-state index contributed by atoms with van der Waals surface area (Å²) < 4.78 is 5.14. The highest BCUT2D eigenvalue weighted by molar-refractivity contribution is 5.96. The predicted octanol–water partition coefficient (Wildman–Crippen LogP) is 1.89. The second kappa shape index (κ2) is 5.87. The third-order valence-electron chi connectivity index (χ3n) is 3.44. The van der Waals surface area contributed by atoms with Crippen molar-refractivity contribution in [2.24, 2.45) is 5.92 Å². The number of nitrogens with zero attached hydrogens (tertiary/aromatic N) is 1. The predicted molar refractivity (Wildman–Crippen MR) is 68.6 cm³/mol. The smallest absolute Gasteiger partial charge is 0.257 e. The number of benzene rings is 1. The Bertz CT molecular complexity index is 411. The number of ether oxygens (including phenoxy) is 1. The first-order valence-corrected chi connectivity index (χ1v) is 6.28. The Kier molecular flexibility index (Phi) is 4.20. The Morgan fingerprint density at radius 2 is 2.06 bits per heavy atom. The number of carbonyl (C=O) groups excluding carboxylic acids is 1. The van der Waals surface area contributed by atoms with Gasteiger partial charge in [-0.3, -0.25) is 4.79 Å². The quantitative estimate of drug-likeness (QED) is 0.890. The molecule has 0 radical (unpaired) electrons. The molecule has 0 saturated carbocycles. The zero-order valence-electron chi connectivity index (χ0n) is 10.6. The lowest BCUT2D eigenvalue weighted by atomic mass is 9.97. The zero-order valence-corrected chi connectivity index (χ0v) is 10.6. The van der Waals surface area contributed by atoms with Crippen molar-refractivity contribution in [1.29, 1.82) is 0 Å². The van der Waals surface area contributed by atoms with Gasteiger partial charge in [0.2, 0.25) is 0 Å². The van der Waals surface area contributed by atoms with E-state index in [0.717, 1.165) is 32.5 Å². The highest BCUT2D eigenvalue weighted by Crippen LogP contribution is 2.22. The Hall–Kier alpha value is -1.55. The Morgan fingerprint density at radius 1 is 1.39 bits per heavy atom. The molecule has 1 aliphatic heterocycles. The van der Waals surface area contributed by atoms with Crippen LogP contribution in [0.2, 0.25) is 0 Å². The van der Waals surface area contributed by atoms with Gasteiger partial charge in [0.15, 0.2) is 0 Å². The first-order valence-electron chi connectivity index (χ1n) is 6.28. The molecule has 1 aliphatic rings. The molecule has 1 heterocycles. The van der Waals surface area contributed by atoms with Crippen LogP contribution in [0.1, 0.15) is 23.2 Å². The van der Waals surface area contributed by atoms with Gasteiger partial charge in [-0.15, -0.1) is 0 Å². The summed E-state index contributed by atoms with van der Waals surface area (Å²) in [6.07, 6.45) is 1.93. The molecule has 0 aliphatic carbocycles. The van der Waals surface area contributed by atoms with E-state index in [1.54, 1.807) is 36.3 Å². The highest BCUT2D eigenvalue weighted by Gasteiger charge is 2.24. The van der Waals surface area contributed by atoms with Gasteiger partial charge in [0, 0.05) is 26.8 Å². The topological polar surface area (TPSA) is 49.8 Å². The van der Waals surface area contributed by atoms with Crippen LogP contribution in [-0.4, -0.2) is 42.7 Å². The Balaban J connectivity index is 1.98. The number of amides is 1. The van der Waals surface area contributed by atoms with Crippen molar-refractivity contribution in [3.63, 3.8) is 0 Å². The van der Waals surface area contributed by atoms with E-state index in [2.05, 4.69) is 0 Å². The summed E-state index contributed by atoms with van der Waals surface area (Å²) in [5.41, 5.74) is 0.391. The fraction of sp³-hybridized carbons (Fsp3) is 0.500. The molecule has 0 unspecified atom stereocenters. The summed E-state index contributed by atoms with van der Waals surface area (Å²) >= 11 is 0. The number of phenols is 1. The highest BCUT2D eigenvalue weighted by atomic mass is 16.5. The van der Waals surface area contributed by atoms with Crippen molar-refractivity contribution in [2.75, 3.05) is 26.8 Å². The third-order valence-corrected chi connectivity index (χ3v) is 3.44. The lowest BCUT2D eigenvalue weighted by Crippen LogP contribution is -2.39. The average molecular weight is 249 g/mol. The van der Waals surface area contributed by atoms with Gasteiger partial charge in [-0.25, -0.2) is 0 Å². The van der Waals surface area contributed by atoms with Crippen molar-refractivity contribution in [3.8, 4) is 5.75 Å². The minimum Gasteiger partial charge on any atom is -0.507 e. The van der Waals surface area contributed by atoms with Crippen LogP contribution in [0, 0.1) is 5.92 Å². The number of hydrogen-bond acceptors (Lipinski definition) is 3.